The van der Waals surface area contributed by atoms with Crippen LogP contribution in [0.2, 0.25) is 5.02 Å². The summed E-state index contributed by atoms with van der Waals surface area (Å²) in [5.41, 5.74) is 3.09. The van der Waals surface area contributed by atoms with Crippen molar-refractivity contribution >= 4 is 17.5 Å². The van der Waals surface area contributed by atoms with Crippen molar-refractivity contribution in [3.8, 4) is 5.75 Å². The van der Waals surface area contributed by atoms with Crippen molar-refractivity contribution in [1.29, 1.82) is 0 Å². The van der Waals surface area contributed by atoms with Gasteiger partial charge in [-0.25, -0.2) is 9.87 Å². The van der Waals surface area contributed by atoms with Gasteiger partial charge in [-0.3, -0.25) is 9.63 Å². The Labute approximate surface area is 139 Å². The molecular weight excluding hydrogens is 321 g/mol. The van der Waals surface area contributed by atoms with Gasteiger partial charge in [0, 0.05) is 5.02 Å². The van der Waals surface area contributed by atoms with E-state index in [2.05, 4.69) is 5.48 Å². The van der Waals surface area contributed by atoms with Gasteiger partial charge in [0.15, 0.2) is 6.10 Å². The molecule has 0 aliphatic carbocycles. The summed E-state index contributed by atoms with van der Waals surface area (Å²) in [5.74, 6) is -0.215. The number of carbonyl (C=O) groups is 1. The summed E-state index contributed by atoms with van der Waals surface area (Å²) in [6.45, 7) is 3.36. The predicted molar refractivity (Wildman–Crippen MR) is 85.6 cm³/mol. The molecule has 2 aromatic carbocycles. The second-order valence-corrected chi connectivity index (χ2v) is 5.43. The third-order valence-electron chi connectivity index (χ3n) is 3.17. The van der Waals surface area contributed by atoms with Gasteiger partial charge < -0.3 is 4.74 Å². The highest BCUT2D eigenvalue weighted by atomic mass is 35.5. The average molecular weight is 338 g/mol. The highest BCUT2D eigenvalue weighted by molar-refractivity contribution is 6.30. The van der Waals surface area contributed by atoms with Gasteiger partial charge in [0.1, 0.15) is 17.7 Å². The molecule has 0 aliphatic heterocycles. The molecule has 0 saturated heterocycles. The van der Waals surface area contributed by atoms with Crippen LogP contribution >= 0.6 is 11.6 Å². The molecule has 122 valence electrons. The minimum absolute atomic E-state index is 0.324. The molecule has 0 aliphatic rings. The highest BCUT2D eigenvalue weighted by Gasteiger charge is 2.16. The maximum Gasteiger partial charge on any atom is 0.284 e. The molecule has 0 spiro atoms. The van der Waals surface area contributed by atoms with E-state index < -0.39 is 18.1 Å². The first-order chi connectivity index (χ1) is 11.0. The Balaban J connectivity index is 1.83. The summed E-state index contributed by atoms with van der Waals surface area (Å²) in [6.07, 6.45) is -1.15. The number of amides is 1. The maximum absolute atomic E-state index is 12.9. The number of carbonyl (C=O) groups excluding carboxylic acids is 1. The van der Waals surface area contributed by atoms with Crippen LogP contribution < -0.4 is 10.2 Å². The van der Waals surface area contributed by atoms with E-state index in [-0.39, 0.29) is 5.82 Å². The summed E-state index contributed by atoms with van der Waals surface area (Å²) in [5, 5.41) is 0.589. The van der Waals surface area contributed by atoms with Crippen LogP contribution in [0.25, 0.3) is 0 Å². The van der Waals surface area contributed by atoms with Gasteiger partial charge in [-0.1, -0.05) is 23.7 Å². The number of hydrogen-bond donors (Lipinski definition) is 1. The first kappa shape index (κ1) is 17.2. The molecule has 23 heavy (non-hydrogen) atoms. The zero-order valence-electron chi connectivity index (χ0n) is 12.8. The summed E-state index contributed by atoms with van der Waals surface area (Å²) in [4.78, 5) is 17.2. The van der Waals surface area contributed by atoms with Crippen LogP contribution in [0.5, 0.6) is 5.75 Å². The quantitative estimate of drug-likeness (QED) is 0.809. The molecule has 0 radical (unpaired) electrons. The zero-order valence-corrected chi connectivity index (χ0v) is 13.5. The number of hydroxylamine groups is 1. The summed E-state index contributed by atoms with van der Waals surface area (Å²) in [7, 11) is 0. The van der Waals surface area contributed by atoms with Crippen LogP contribution in [0.1, 0.15) is 25.5 Å². The molecule has 1 N–H and O–H groups in total. The molecule has 0 saturated carbocycles. The molecule has 0 fully saturated rings. The van der Waals surface area contributed by atoms with Gasteiger partial charge in [-0.15, -0.1) is 0 Å². The Hall–Kier alpha value is -2.11. The van der Waals surface area contributed by atoms with E-state index >= 15 is 0 Å². The number of benzene rings is 2. The van der Waals surface area contributed by atoms with E-state index in [1.807, 2.05) is 0 Å². The Bertz CT molecular complexity index is 646. The fourth-order valence-corrected chi connectivity index (χ4v) is 1.93. The molecule has 1 unspecified atom stereocenters. The first-order valence-corrected chi connectivity index (χ1v) is 7.46. The molecule has 0 heterocycles. The normalized spacial score (nSPS) is 13.2. The van der Waals surface area contributed by atoms with Crippen molar-refractivity contribution in [3.05, 3.63) is 64.9 Å². The zero-order chi connectivity index (χ0) is 16.8. The van der Waals surface area contributed by atoms with E-state index in [1.54, 1.807) is 50.2 Å². The van der Waals surface area contributed by atoms with Crippen molar-refractivity contribution in [2.24, 2.45) is 0 Å². The monoisotopic (exact) mass is 337 g/mol. The first-order valence-electron chi connectivity index (χ1n) is 7.09. The Morgan fingerprint density at radius 2 is 1.70 bits per heavy atom. The largest absolute Gasteiger partial charge is 0.481 e. The van der Waals surface area contributed by atoms with E-state index in [0.29, 0.717) is 10.8 Å². The lowest BCUT2D eigenvalue weighted by Crippen LogP contribution is -2.36. The number of halogens is 2. The standard InChI is InChI=1S/C17H17ClFNO3/c1-11(13-3-7-15(19)8-4-13)23-20-17(21)12(2)22-16-9-5-14(18)6-10-16/h3-12H,1-2H3,(H,20,21)/t11?,12-/m0/s1. The van der Waals surface area contributed by atoms with Gasteiger partial charge in [0.2, 0.25) is 0 Å². The Kier molecular flexibility index (Phi) is 5.96. The second-order valence-electron chi connectivity index (χ2n) is 4.99. The highest BCUT2D eigenvalue weighted by Crippen LogP contribution is 2.18. The average Bonchev–Trinajstić information content (AvgIpc) is 2.55. The number of nitrogens with one attached hydrogen (secondary N) is 1. The Morgan fingerprint density at radius 1 is 1.09 bits per heavy atom. The van der Waals surface area contributed by atoms with Crippen LogP contribution in [0, 0.1) is 5.82 Å². The summed E-state index contributed by atoms with van der Waals surface area (Å²) < 4.78 is 18.4. The van der Waals surface area contributed by atoms with E-state index in [1.165, 1.54) is 12.1 Å². The van der Waals surface area contributed by atoms with Crippen molar-refractivity contribution in [1.82, 2.24) is 5.48 Å². The van der Waals surface area contributed by atoms with Crippen LogP contribution in [0.4, 0.5) is 4.39 Å². The smallest absolute Gasteiger partial charge is 0.284 e. The third-order valence-corrected chi connectivity index (χ3v) is 3.42. The van der Waals surface area contributed by atoms with Crippen LogP contribution in [0.3, 0.4) is 0 Å². The molecule has 0 aromatic heterocycles. The topological polar surface area (TPSA) is 47.6 Å². The van der Waals surface area contributed by atoms with Crippen molar-refractivity contribution in [2.75, 3.05) is 0 Å². The van der Waals surface area contributed by atoms with E-state index in [4.69, 9.17) is 21.2 Å². The molecule has 2 aromatic rings. The molecular formula is C17H17ClFNO3. The molecule has 0 bridgehead atoms. The predicted octanol–water partition coefficient (Wildman–Crippen LogP) is 4.06. The molecule has 2 atom stereocenters. The van der Waals surface area contributed by atoms with Gasteiger partial charge in [-0.2, -0.15) is 0 Å². The number of ether oxygens (including phenoxy) is 1. The lowest BCUT2D eigenvalue weighted by molar-refractivity contribution is -0.144. The number of rotatable bonds is 6. The SMILES string of the molecule is CC(ONC(=O)[C@H](C)Oc1ccc(Cl)cc1)c1ccc(F)cc1. The van der Waals surface area contributed by atoms with E-state index in [0.717, 1.165) is 5.56 Å². The van der Waals surface area contributed by atoms with Gasteiger partial charge in [-0.05, 0) is 55.8 Å². The number of hydrogen-bond acceptors (Lipinski definition) is 3. The van der Waals surface area contributed by atoms with Crippen LogP contribution in [-0.4, -0.2) is 12.0 Å². The van der Waals surface area contributed by atoms with Crippen molar-refractivity contribution in [3.63, 3.8) is 0 Å². The van der Waals surface area contributed by atoms with Gasteiger partial charge in [0.25, 0.3) is 5.91 Å². The van der Waals surface area contributed by atoms with Crippen molar-refractivity contribution in [2.45, 2.75) is 26.1 Å². The van der Waals surface area contributed by atoms with Crippen LogP contribution in [-0.2, 0) is 9.63 Å². The van der Waals surface area contributed by atoms with E-state index in [9.17, 15) is 9.18 Å². The Morgan fingerprint density at radius 3 is 2.30 bits per heavy atom. The maximum atomic E-state index is 12.9. The fraction of sp³-hybridized carbons (Fsp3) is 0.235. The minimum Gasteiger partial charge on any atom is -0.481 e. The molecule has 4 nitrogen and oxygen atoms in total. The third kappa shape index (κ3) is 5.23. The molecule has 6 heteroatoms. The fourth-order valence-electron chi connectivity index (χ4n) is 1.80. The van der Waals surface area contributed by atoms with Crippen molar-refractivity contribution < 1.29 is 18.8 Å². The summed E-state index contributed by atoms with van der Waals surface area (Å²) in [6, 6.07) is 12.6. The minimum atomic E-state index is -0.739. The van der Waals surface area contributed by atoms with Gasteiger partial charge in [0.05, 0.1) is 0 Å². The molecule has 1 amide bonds. The molecule has 2 rings (SSSR count). The second kappa shape index (κ2) is 7.94. The lowest BCUT2D eigenvalue weighted by Gasteiger charge is -2.17. The lowest BCUT2D eigenvalue weighted by atomic mass is 10.1. The van der Waals surface area contributed by atoms with Crippen LogP contribution in [0.15, 0.2) is 48.5 Å². The van der Waals surface area contributed by atoms with Gasteiger partial charge >= 0.3 is 0 Å². The summed E-state index contributed by atoms with van der Waals surface area (Å²) >= 11 is 5.78.